The number of hydrogen-bond acceptors (Lipinski definition) is 3. The summed E-state index contributed by atoms with van der Waals surface area (Å²) in [4.78, 5) is 26.0. The molecule has 2 aliphatic rings. The maximum absolute atomic E-state index is 12.6. The molecule has 0 aromatic heterocycles. The molecule has 2 heterocycles. The number of nitrogens with one attached hydrogen (secondary N) is 1. The molecule has 0 radical (unpaired) electrons. The highest BCUT2D eigenvalue weighted by atomic mass is 16.5. The Morgan fingerprint density at radius 1 is 1.38 bits per heavy atom. The van der Waals surface area contributed by atoms with E-state index in [1.54, 1.807) is 0 Å². The minimum Gasteiger partial charge on any atom is -0.493 e. The van der Waals surface area contributed by atoms with Crippen molar-refractivity contribution in [2.24, 2.45) is 5.92 Å². The van der Waals surface area contributed by atoms with E-state index in [4.69, 9.17) is 4.74 Å². The number of likely N-dealkylation sites (tertiary alicyclic amines) is 1. The lowest BCUT2D eigenvalue weighted by molar-refractivity contribution is -0.132. The van der Waals surface area contributed by atoms with Crippen molar-refractivity contribution in [1.82, 2.24) is 10.2 Å². The average Bonchev–Trinajstić information content (AvgIpc) is 2.67. The summed E-state index contributed by atoms with van der Waals surface area (Å²) in [5, 5.41) is 2.94. The number of hydrogen-bond donors (Lipinski definition) is 1. The number of nitrogens with zero attached hydrogens (tertiary/aromatic N) is 1. The number of ether oxygens (including phenoxy) is 1. The lowest BCUT2D eigenvalue weighted by Gasteiger charge is -2.35. The number of fused-ring (bicyclic) bond motifs is 1. The van der Waals surface area contributed by atoms with Crippen LogP contribution in [0.3, 0.4) is 0 Å². The quantitative estimate of drug-likeness (QED) is 0.825. The third-order valence-electron chi connectivity index (χ3n) is 5.48. The van der Waals surface area contributed by atoms with Gasteiger partial charge < -0.3 is 15.0 Å². The first-order valence-electron chi connectivity index (χ1n) is 9.52. The SMILES string of the molecule is C=CC(=O)NC(C)C1CCN(C(=O)Cc2ccc3c(c2)CCCO3)CC1. The number of rotatable bonds is 5. The Labute approximate surface area is 155 Å². The molecule has 0 spiro atoms. The smallest absolute Gasteiger partial charge is 0.243 e. The van der Waals surface area contributed by atoms with Crippen LogP contribution in [0.5, 0.6) is 5.75 Å². The summed E-state index contributed by atoms with van der Waals surface area (Å²) < 4.78 is 5.64. The molecule has 0 bridgehead atoms. The van der Waals surface area contributed by atoms with Gasteiger partial charge in [0.25, 0.3) is 0 Å². The molecule has 1 atom stereocenters. The summed E-state index contributed by atoms with van der Waals surface area (Å²) in [5.74, 6) is 1.42. The number of amides is 2. The number of piperidine rings is 1. The van der Waals surface area contributed by atoms with E-state index in [1.807, 2.05) is 24.0 Å². The van der Waals surface area contributed by atoms with E-state index in [9.17, 15) is 9.59 Å². The molecule has 1 fully saturated rings. The van der Waals surface area contributed by atoms with Gasteiger partial charge in [-0.2, -0.15) is 0 Å². The summed E-state index contributed by atoms with van der Waals surface area (Å²) in [6, 6.07) is 6.22. The molecule has 1 unspecified atom stereocenters. The molecule has 1 aromatic rings. The molecule has 2 amide bonds. The maximum Gasteiger partial charge on any atom is 0.243 e. The normalized spacial score (nSPS) is 18.4. The molecule has 26 heavy (non-hydrogen) atoms. The predicted molar refractivity (Wildman–Crippen MR) is 101 cm³/mol. The summed E-state index contributed by atoms with van der Waals surface area (Å²) in [6.45, 7) is 7.81. The molecule has 5 nitrogen and oxygen atoms in total. The first-order valence-corrected chi connectivity index (χ1v) is 9.52. The summed E-state index contributed by atoms with van der Waals surface area (Å²) in [6.07, 6.45) is 5.65. The van der Waals surface area contributed by atoms with Crippen molar-refractivity contribution in [3.63, 3.8) is 0 Å². The lowest BCUT2D eigenvalue weighted by atomic mass is 9.90. The highest BCUT2D eigenvalue weighted by molar-refractivity contribution is 5.87. The number of carbonyl (C=O) groups excluding carboxylic acids is 2. The van der Waals surface area contributed by atoms with Crippen molar-refractivity contribution < 1.29 is 14.3 Å². The predicted octanol–water partition coefficient (Wildman–Crippen LogP) is 2.48. The van der Waals surface area contributed by atoms with Gasteiger partial charge in [-0.3, -0.25) is 9.59 Å². The Hall–Kier alpha value is -2.30. The maximum atomic E-state index is 12.6. The van der Waals surface area contributed by atoms with Gasteiger partial charge >= 0.3 is 0 Å². The Morgan fingerprint density at radius 2 is 2.15 bits per heavy atom. The molecule has 1 aromatic carbocycles. The monoisotopic (exact) mass is 356 g/mol. The minimum atomic E-state index is -0.132. The topological polar surface area (TPSA) is 58.6 Å². The Kier molecular flexibility index (Phi) is 5.96. The van der Waals surface area contributed by atoms with Gasteiger partial charge in [0.15, 0.2) is 0 Å². The van der Waals surface area contributed by atoms with Crippen LogP contribution >= 0.6 is 0 Å². The van der Waals surface area contributed by atoms with Crippen LogP contribution in [0.2, 0.25) is 0 Å². The van der Waals surface area contributed by atoms with Crippen LogP contribution in [0.1, 0.15) is 37.3 Å². The van der Waals surface area contributed by atoms with Crippen LogP contribution in [0.15, 0.2) is 30.9 Å². The molecule has 1 saturated heterocycles. The minimum absolute atomic E-state index is 0.110. The summed E-state index contributed by atoms with van der Waals surface area (Å²) >= 11 is 0. The third kappa shape index (κ3) is 4.45. The zero-order valence-corrected chi connectivity index (χ0v) is 15.5. The standard InChI is InChI=1S/C21H28N2O3/c1-3-20(24)22-15(2)17-8-10-23(11-9-17)21(25)14-16-6-7-19-18(13-16)5-4-12-26-19/h3,6-7,13,15,17H,1,4-5,8-12,14H2,2H3,(H,22,24). The van der Waals surface area contributed by atoms with Crippen LogP contribution in [-0.2, 0) is 22.4 Å². The number of aryl methyl sites for hydroxylation is 1. The highest BCUT2D eigenvalue weighted by Crippen LogP contribution is 2.26. The Morgan fingerprint density at radius 3 is 2.88 bits per heavy atom. The van der Waals surface area contributed by atoms with Crippen molar-refractivity contribution in [2.45, 2.75) is 45.1 Å². The fourth-order valence-electron chi connectivity index (χ4n) is 3.86. The summed E-state index contributed by atoms with van der Waals surface area (Å²) in [7, 11) is 0. The number of benzene rings is 1. The van der Waals surface area contributed by atoms with Crippen LogP contribution in [-0.4, -0.2) is 42.5 Å². The zero-order chi connectivity index (χ0) is 18.5. The molecular formula is C21H28N2O3. The van der Waals surface area contributed by atoms with Gasteiger partial charge in [0.1, 0.15) is 5.75 Å². The second kappa shape index (κ2) is 8.39. The van der Waals surface area contributed by atoms with E-state index in [0.717, 1.165) is 56.7 Å². The van der Waals surface area contributed by atoms with Gasteiger partial charge in [-0.05, 0) is 61.8 Å². The Bertz CT molecular complexity index is 678. The van der Waals surface area contributed by atoms with E-state index >= 15 is 0 Å². The van der Waals surface area contributed by atoms with Gasteiger partial charge in [0.05, 0.1) is 13.0 Å². The van der Waals surface area contributed by atoms with E-state index in [-0.39, 0.29) is 17.9 Å². The second-order valence-corrected chi connectivity index (χ2v) is 7.29. The molecule has 0 aliphatic carbocycles. The molecule has 1 N–H and O–H groups in total. The van der Waals surface area contributed by atoms with Gasteiger partial charge in [-0.15, -0.1) is 0 Å². The van der Waals surface area contributed by atoms with Crippen molar-refractivity contribution in [3.8, 4) is 5.75 Å². The van der Waals surface area contributed by atoms with Crippen LogP contribution < -0.4 is 10.1 Å². The first-order chi connectivity index (χ1) is 12.6. The first kappa shape index (κ1) is 18.5. The van der Waals surface area contributed by atoms with E-state index in [0.29, 0.717) is 12.3 Å². The van der Waals surface area contributed by atoms with Gasteiger partial charge in [-0.25, -0.2) is 0 Å². The van der Waals surface area contributed by atoms with Crippen LogP contribution in [0, 0.1) is 5.92 Å². The van der Waals surface area contributed by atoms with Gasteiger partial charge in [0, 0.05) is 19.1 Å². The zero-order valence-electron chi connectivity index (χ0n) is 15.5. The van der Waals surface area contributed by atoms with Crippen molar-refractivity contribution in [2.75, 3.05) is 19.7 Å². The van der Waals surface area contributed by atoms with E-state index < -0.39 is 0 Å². The molecular weight excluding hydrogens is 328 g/mol. The van der Waals surface area contributed by atoms with Gasteiger partial charge in [-0.1, -0.05) is 18.7 Å². The van der Waals surface area contributed by atoms with Crippen molar-refractivity contribution >= 4 is 11.8 Å². The Balaban J connectivity index is 1.51. The van der Waals surface area contributed by atoms with Crippen molar-refractivity contribution in [3.05, 3.63) is 42.0 Å². The highest BCUT2D eigenvalue weighted by Gasteiger charge is 2.27. The molecule has 0 saturated carbocycles. The van der Waals surface area contributed by atoms with Crippen LogP contribution in [0.25, 0.3) is 0 Å². The van der Waals surface area contributed by atoms with Gasteiger partial charge in [0.2, 0.25) is 11.8 Å². The van der Waals surface area contributed by atoms with E-state index in [1.165, 1.54) is 11.6 Å². The fraction of sp³-hybridized carbons (Fsp3) is 0.524. The molecule has 2 aliphatic heterocycles. The molecule has 3 rings (SSSR count). The number of carbonyl (C=O) groups is 2. The molecule has 140 valence electrons. The van der Waals surface area contributed by atoms with Crippen molar-refractivity contribution in [1.29, 1.82) is 0 Å². The average molecular weight is 356 g/mol. The summed E-state index contributed by atoms with van der Waals surface area (Å²) in [5.41, 5.74) is 2.28. The van der Waals surface area contributed by atoms with E-state index in [2.05, 4.69) is 18.0 Å². The second-order valence-electron chi connectivity index (χ2n) is 7.29. The third-order valence-corrected chi connectivity index (χ3v) is 5.48. The lowest BCUT2D eigenvalue weighted by Crippen LogP contribution is -2.45. The fourth-order valence-corrected chi connectivity index (χ4v) is 3.86. The van der Waals surface area contributed by atoms with Crippen LogP contribution in [0.4, 0.5) is 0 Å². The molecule has 5 heteroatoms. The largest absolute Gasteiger partial charge is 0.493 e.